The SMILES string of the molecule is CCCCCCCCCC(NCC1CCCO1)C(=O)OC. The minimum Gasteiger partial charge on any atom is -0.468 e. The highest BCUT2D eigenvalue weighted by Crippen LogP contribution is 2.13. The highest BCUT2D eigenvalue weighted by Gasteiger charge is 2.21. The average molecular weight is 299 g/mol. The lowest BCUT2D eigenvalue weighted by molar-refractivity contribution is -0.143. The van der Waals surface area contributed by atoms with Crippen molar-refractivity contribution in [3.8, 4) is 0 Å². The number of hydrogen-bond donors (Lipinski definition) is 1. The zero-order valence-electron chi connectivity index (χ0n) is 13.9. The predicted molar refractivity (Wildman–Crippen MR) is 85.4 cm³/mol. The maximum atomic E-state index is 11.8. The Hall–Kier alpha value is -0.610. The first-order valence-electron chi connectivity index (χ1n) is 8.70. The van der Waals surface area contributed by atoms with Gasteiger partial charge in [-0.25, -0.2) is 0 Å². The number of nitrogens with one attached hydrogen (secondary N) is 1. The van der Waals surface area contributed by atoms with Gasteiger partial charge in [-0.05, 0) is 19.3 Å². The van der Waals surface area contributed by atoms with Crippen molar-refractivity contribution >= 4 is 5.97 Å². The van der Waals surface area contributed by atoms with Crippen molar-refractivity contribution in [2.75, 3.05) is 20.3 Å². The summed E-state index contributed by atoms with van der Waals surface area (Å²) in [5.74, 6) is -0.140. The van der Waals surface area contributed by atoms with Crippen molar-refractivity contribution in [1.29, 1.82) is 0 Å². The number of carbonyl (C=O) groups excluding carboxylic acids is 1. The Kier molecular flexibility index (Phi) is 10.5. The molecular weight excluding hydrogens is 266 g/mol. The number of hydrogen-bond acceptors (Lipinski definition) is 4. The first-order chi connectivity index (χ1) is 10.3. The molecule has 0 radical (unpaired) electrons. The molecule has 2 unspecified atom stereocenters. The minimum atomic E-state index is -0.171. The highest BCUT2D eigenvalue weighted by atomic mass is 16.5. The number of ether oxygens (including phenoxy) is 2. The van der Waals surface area contributed by atoms with Crippen LogP contribution >= 0.6 is 0 Å². The summed E-state index contributed by atoms with van der Waals surface area (Å²) >= 11 is 0. The molecule has 4 heteroatoms. The summed E-state index contributed by atoms with van der Waals surface area (Å²) in [6, 6.07) is -0.171. The van der Waals surface area contributed by atoms with Crippen molar-refractivity contribution in [2.45, 2.75) is 83.3 Å². The van der Waals surface area contributed by atoms with Crippen molar-refractivity contribution in [2.24, 2.45) is 0 Å². The first-order valence-corrected chi connectivity index (χ1v) is 8.70. The minimum absolute atomic E-state index is 0.140. The Morgan fingerprint density at radius 3 is 2.57 bits per heavy atom. The lowest BCUT2D eigenvalue weighted by atomic mass is 10.0. The average Bonchev–Trinajstić information content (AvgIpc) is 3.02. The maximum absolute atomic E-state index is 11.8. The van der Waals surface area contributed by atoms with Gasteiger partial charge in [0, 0.05) is 13.2 Å². The lowest BCUT2D eigenvalue weighted by Gasteiger charge is -2.18. The third-order valence-electron chi connectivity index (χ3n) is 4.20. The first kappa shape index (κ1) is 18.4. The van der Waals surface area contributed by atoms with Gasteiger partial charge in [0.05, 0.1) is 13.2 Å². The summed E-state index contributed by atoms with van der Waals surface area (Å²) in [5, 5.41) is 3.32. The van der Waals surface area contributed by atoms with Crippen molar-refractivity contribution in [3.63, 3.8) is 0 Å². The van der Waals surface area contributed by atoms with Gasteiger partial charge in [0.1, 0.15) is 6.04 Å². The number of carbonyl (C=O) groups is 1. The number of methoxy groups -OCH3 is 1. The second-order valence-electron chi connectivity index (χ2n) is 6.03. The van der Waals surface area contributed by atoms with Crippen molar-refractivity contribution in [3.05, 3.63) is 0 Å². The van der Waals surface area contributed by atoms with Gasteiger partial charge in [0.15, 0.2) is 0 Å². The van der Waals surface area contributed by atoms with Crippen molar-refractivity contribution < 1.29 is 14.3 Å². The van der Waals surface area contributed by atoms with E-state index >= 15 is 0 Å². The molecule has 0 bridgehead atoms. The summed E-state index contributed by atoms with van der Waals surface area (Å²) in [6.07, 6.45) is 12.2. The van der Waals surface area contributed by atoms with Crippen LogP contribution in [0.4, 0.5) is 0 Å². The Morgan fingerprint density at radius 2 is 1.95 bits per heavy atom. The van der Waals surface area contributed by atoms with Gasteiger partial charge in [0.25, 0.3) is 0 Å². The van der Waals surface area contributed by atoms with E-state index in [-0.39, 0.29) is 18.1 Å². The van der Waals surface area contributed by atoms with Gasteiger partial charge in [-0.2, -0.15) is 0 Å². The summed E-state index contributed by atoms with van der Waals surface area (Å²) in [4.78, 5) is 11.8. The van der Waals surface area contributed by atoms with Gasteiger partial charge < -0.3 is 14.8 Å². The molecule has 2 atom stereocenters. The van der Waals surface area contributed by atoms with E-state index in [9.17, 15) is 4.79 Å². The van der Waals surface area contributed by atoms with Gasteiger partial charge in [-0.3, -0.25) is 4.79 Å². The van der Waals surface area contributed by atoms with Crippen LogP contribution in [0.25, 0.3) is 0 Å². The van der Waals surface area contributed by atoms with E-state index in [4.69, 9.17) is 9.47 Å². The molecule has 1 rings (SSSR count). The van der Waals surface area contributed by atoms with Crippen LogP contribution in [0.15, 0.2) is 0 Å². The molecule has 0 aromatic heterocycles. The molecular formula is C17H33NO3. The van der Waals surface area contributed by atoms with E-state index in [1.165, 1.54) is 45.6 Å². The number of rotatable bonds is 12. The molecule has 1 fully saturated rings. The third kappa shape index (κ3) is 8.42. The molecule has 0 aliphatic carbocycles. The molecule has 4 nitrogen and oxygen atoms in total. The zero-order chi connectivity index (χ0) is 15.3. The molecule has 1 saturated heterocycles. The summed E-state index contributed by atoms with van der Waals surface area (Å²) in [6.45, 7) is 3.85. The molecule has 124 valence electrons. The van der Waals surface area contributed by atoms with E-state index in [1.807, 2.05) is 0 Å². The molecule has 0 aromatic rings. The van der Waals surface area contributed by atoms with Gasteiger partial charge >= 0.3 is 5.97 Å². The molecule has 1 N–H and O–H groups in total. The summed E-state index contributed by atoms with van der Waals surface area (Å²) in [7, 11) is 1.47. The molecule has 21 heavy (non-hydrogen) atoms. The fourth-order valence-electron chi connectivity index (χ4n) is 2.83. The van der Waals surface area contributed by atoms with E-state index in [2.05, 4.69) is 12.2 Å². The number of esters is 1. The normalized spacial score (nSPS) is 19.6. The Labute approximate surface area is 130 Å². The maximum Gasteiger partial charge on any atom is 0.322 e. The third-order valence-corrected chi connectivity index (χ3v) is 4.20. The van der Waals surface area contributed by atoms with Crippen LogP contribution in [0.2, 0.25) is 0 Å². The van der Waals surface area contributed by atoms with E-state index < -0.39 is 0 Å². The number of unbranched alkanes of at least 4 members (excludes halogenated alkanes) is 6. The summed E-state index contributed by atoms with van der Waals surface area (Å²) < 4.78 is 10.5. The fraction of sp³-hybridized carbons (Fsp3) is 0.941. The van der Waals surface area contributed by atoms with Gasteiger partial charge in [-0.15, -0.1) is 0 Å². The van der Waals surface area contributed by atoms with E-state index in [1.54, 1.807) is 0 Å². The van der Waals surface area contributed by atoms with Crippen LogP contribution in [0.5, 0.6) is 0 Å². The molecule has 0 spiro atoms. The van der Waals surface area contributed by atoms with Crippen molar-refractivity contribution in [1.82, 2.24) is 5.32 Å². The van der Waals surface area contributed by atoms with Gasteiger partial charge in [-0.1, -0.05) is 51.9 Å². The molecule has 1 aliphatic heterocycles. The van der Waals surface area contributed by atoms with Crippen LogP contribution in [-0.2, 0) is 14.3 Å². The van der Waals surface area contributed by atoms with Gasteiger partial charge in [0.2, 0.25) is 0 Å². The Bertz CT molecular complexity index is 265. The second-order valence-corrected chi connectivity index (χ2v) is 6.03. The summed E-state index contributed by atoms with van der Waals surface area (Å²) in [5.41, 5.74) is 0. The fourth-order valence-corrected chi connectivity index (χ4v) is 2.83. The smallest absolute Gasteiger partial charge is 0.322 e. The lowest BCUT2D eigenvalue weighted by Crippen LogP contribution is -2.41. The Balaban J connectivity index is 2.12. The largest absolute Gasteiger partial charge is 0.468 e. The predicted octanol–water partition coefficient (Wildman–Crippen LogP) is 3.44. The monoisotopic (exact) mass is 299 g/mol. The van der Waals surface area contributed by atoms with Crippen LogP contribution in [-0.4, -0.2) is 38.4 Å². The zero-order valence-corrected chi connectivity index (χ0v) is 13.9. The molecule has 0 saturated carbocycles. The quantitative estimate of drug-likeness (QED) is 0.443. The molecule has 1 aliphatic rings. The second kappa shape index (κ2) is 12.0. The highest BCUT2D eigenvalue weighted by molar-refractivity contribution is 5.75. The van der Waals surface area contributed by atoms with Crippen LogP contribution in [0.1, 0.15) is 71.1 Å². The molecule has 0 amide bonds. The topological polar surface area (TPSA) is 47.6 Å². The van der Waals surface area contributed by atoms with Crippen LogP contribution in [0.3, 0.4) is 0 Å². The molecule has 1 heterocycles. The van der Waals surface area contributed by atoms with E-state index in [0.29, 0.717) is 0 Å². The van der Waals surface area contributed by atoms with Crippen LogP contribution in [0, 0.1) is 0 Å². The van der Waals surface area contributed by atoms with E-state index in [0.717, 1.165) is 38.8 Å². The Morgan fingerprint density at radius 1 is 1.24 bits per heavy atom. The standard InChI is InChI=1S/C17H33NO3/c1-3-4-5-6-7-8-9-12-16(17(19)20-2)18-14-15-11-10-13-21-15/h15-16,18H,3-14H2,1-2H3. The van der Waals surface area contributed by atoms with Crippen LogP contribution < -0.4 is 5.32 Å². The molecule has 0 aromatic carbocycles.